The van der Waals surface area contributed by atoms with Crippen molar-refractivity contribution in [2.45, 2.75) is 50.3 Å². The average molecular weight is 529 g/mol. The molecule has 0 bridgehead atoms. The Labute approximate surface area is 213 Å². The molecule has 3 aromatic carbocycles. The van der Waals surface area contributed by atoms with E-state index in [2.05, 4.69) is 4.72 Å². The van der Waals surface area contributed by atoms with Crippen molar-refractivity contribution in [1.29, 1.82) is 0 Å². The van der Waals surface area contributed by atoms with Crippen LogP contribution < -0.4 is 14.3 Å². The van der Waals surface area contributed by atoms with Crippen LogP contribution in [0, 0.1) is 6.92 Å². The van der Waals surface area contributed by atoms with Gasteiger partial charge in [0.2, 0.25) is 10.0 Å². The molecule has 1 aliphatic heterocycles. The molecule has 1 aromatic heterocycles. The molecule has 0 fully saturated rings. The fourth-order valence-corrected chi connectivity index (χ4v) is 6.94. The zero-order chi connectivity index (χ0) is 25.0. The summed E-state index contributed by atoms with van der Waals surface area (Å²) < 4.78 is 38.0. The Hall–Kier alpha value is -2.65. The summed E-state index contributed by atoms with van der Waals surface area (Å²) >= 11 is 7.30. The zero-order valence-corrected chi connectivity index (χ0v) is 21.9. The second kappa shape index (κ2) is 8.78. The van der Waals surface area contributed by atoms with Gasteiger partial charge in [-0.3, -0.25) is 9.36 Å². The molecule has 9 heteroatoms. The largest absolute Gasteiger partial charge is 0.487 e. The summed E-state index contributed by atoms with van der Waals surface area (Å²) in [7, 11) is -3.86. The molecule has 35 heavy (non-hydrogen) atoms. The first-order valence-electron chi connectivity index (χ1n) is 11.2. The van der Waals surface area contributed by atoms with Gasteiger partial charge < -0.3 is 4.74 Å². The number of nitrogens with zero attached hydrogens (tertiary/aromatic N) is 1. The van der Waals surface area contributed by atoms with Crippen LogP contribution in [0.25, 0.3) is 10.2 Å². The minimum absolute atomic E-state index is 0.120. The molecule has 1 N–H and O–H groups in total. The lowest BCUT2D eigenvalue weighted by Gasteiger charge is -2.38. The van der Waals surface area contributed by atoms with Gasteiger partial charge >= 0.3 is 4.87 Å². The van der Waals surface area contributed by atoms with Gasteiger partial charge in [0.25, 0.3) is 0 Å². The lowest BCUT2D eigenvalue weighted by molar-refractivity contribution is 0.0701. The van der Waals surface area contributed by atoms with Crippen molar-refractivity contribution in [2.75, 3.05) is 0 Å². The molecule has 0 spiro atoms. The average Bonchev–Trinajstić information content (AvgIpc) is 3.09. The third-order valence-electron chi connectivity index (χ3n) is 6.16. The van der Waals surface area contributed by atoms with Gasteiger partial charge in [0, 0.05) is 17.0 Å². The summed E-state index contributed by atoms with van der Waals surface area (Å²) in [6, 6.07) is 17.5. The van der Waals surface area contributed by atoms with Crippen LogP contribution in [0.1, 0.15) is 43.0 Å². The second-order valence-electron chi connectivity index (χ2n) is 9.46. The van der Waals surface area contributed by atoms with E-state index in [4.69, 9.17) is 16.3 Å². The molecule has 0 unspecified atom stereocenters. The second-order valence-corrected chi connectivity index (χ2v) is 12.6. The van der Waals surface area contributed by atoms with Gasteiger partial charge in [-0.15, -0.1) is 0 Å². The predicted octanol–water partition coefficient (Wildman–Crippen LogP) is 5.65. The Morgan fingerprint density at radius 1 is 1.14 bits per heavy atom. The van der Waals surface area contributed by atoms with E-state index in [0.29, 0.717) is 34.0 Å². The molecule has 0 saturated carbocycles. The standard InChI is InChI=1S/C26H25ClN2O4S2/c1-16-8-11-23-19(12-16)21(14-26(2,3)33-23)28-35(31,32)18-9-10-22-24(13-18)34-25(30)29(22)15-17-6-4-5-7-20(17)27/h4-13,21,28H,14-15H2,1-3H3/t21-/m1/s1. The molecule has 0 aliphatic carbocycles. The van der Waals surface area contributed by atoms with Gasteiger partial charge in [-0.25, -0.2) is 13.1 Å². The molecule has 6 nitrogen and oxygen atoms in total. The van der Waals surface area contributed by atoms with Crippen molar-refractivity contribution in [3.8, 4) is 5.75 Å². The number of halogens is 1. The van der Waals surface area contributed by atoms with E-state index in [-0.39, 0.29) is 9.77 Å². The quantitative estimate of drug-likeness (QED) is 0.363. The van der Waals surface area contributed by atoms with Crippen LogP contribution >= 0.6 is 22.9 Å². The van der Waals surface area contributed by atoms with Gasteiger partial charge in [0.1, 0.15) is 11.4 Å². The lowest BCUT2D eigenvalue weighted by Crippen LogP contribution is -2.41. The van der Waals surface area contributed by atoms with E-state index < -0.39 is 21.7 Å². The Balaban J connectivity index is 1.48. The summed E-state index contributed by atoms with van der Waals surface area (Å²) in [6.07, 6.45) is 0.493. The first-order chi connectivity index (χ1) is 16.5. The summed E-state index contributed by atoms with van der Waals surface area (Å²) in [5.74, 6) is 0.685. The van der Waals surface area contributed by atoms with Crippen molar-refractivity contribution in [3.63, 3.8) is 0 Å². The number of sulfonamides is 1. The molecule has 1 atom stereocenters. The van der Waals surface area contributed by atoms with Crippen molar-refractivity contribution in [3.05, 3.63) is 92.0 Å². The number of hydrogen-bond acceptors (Lipinski definition) is 5. The maximum atomic E-state index is 13.4. The van der Waals surface area contributed by atoms with Crippen LogP contribution in [0.4, 0.5) is 0 Å². The summed E-state index contributed by atoms with van der Waals surface area (Å²) in [6.45, 7) is 6.18. The number of rotatable bonds is 5. The molecule has 4 aromatic rings. The molecule has 5 rings (SSSR count). The van der Waals surface area contributed by atoms with Gasteiger partial charge in [0.15, 0.2) is 0 Å². The van der Waals surface area contributed by atoms with Gasteiger partial charge in [-0.1, -0.05) is 58.8 Å². The normalized spacial score (nSPS) is 17.2. The van der Waals surface area contributed by atoms with E-state index in [0.717, 1.165) is 28.0 Å². The van der Waals surface area contributed by atoms with Crippen molar-refractivity contribution < 1.29 is 13.2 Å². The highest BCUT2D eigenvalue weighted by atomic mass is 35.5. The maximum Gasteiger partial charge on any atom is 0.308 e. The minimum Gasteiger partial charge on any atom is -0.487 e. The molecule has 0 amide bonds. The topological polar surface area (TPSA) is 77.4 Å². The van der Waals surface area contributed by atoms with E-state index >= 15 is 0 Å². The Morgan fingerprint density at radius 2 is 1.91 bits per heavy atom. The number of hydrogen-bond donors (Lipinski definition) is 1. The van der Waals surface area contributed by atoms with Crippen LogP contribution in [0.5, 0.6) is 5.75 Å². The first kappa shape index (κ1) is 24.1. The molecular weight excluding hydrogens is 504 g/mol. The maximum absolute atomic E-state index is 13.4. The van der Waals surface area contributed by atoms with Crippen molar-refractivity contribution in [1.82, 2.24) is 9.29 Å². The molecule has 182 valence electrons. The van der Waals surface area contributed by atoms with Crippen LogP contribution in [0.2, 0.25) is 5.02 Å². The first-order valence-corrected chi connectivity index (χ1v) is 13.9. The highest BCUT2D eigenvalue weighted by Crippen LogP contribution is 2.40. The van der Waals surface area contributed by atoms with Crippen LogP contribution in [-0.4, -0.2) is 18.6 Å². The number of nitrogens with one attached hydrogen (secondary N) is 1. The van der Waals surface area contributed by atoms with Gasteiger partial charge in [-0.2, -0.15) is 0 Å². The monoisotopic (exact) mass is 528 g/mol. The lowest BCUT2D eigenvalue weighted by atomic mass is 9.89. The van der Waals surface area contributed by atoms with Crippen LogP contribution in [0.3, 0.4) is 0 Å². The number of aryl methyl sites for hydroxylation is 1. The smallest absolute Gasteiger partial charge is 0.308 e. The van der Waals surface area contributed by atoms with E-state index in [1.54, 1.807) is 28.8 Å². The number of aromatic nitrogens is 1. The van der Waals surface area contributed by atoms with Gasteiger partial charge in [0.05, 0.1) is 27.7 Å². The fraction of sp³-hybridized carbons (Fsp3) is 0.269. The fourth-order valence-electron chi connectivity index (χ4n) is 4.50. The number of fused-ring (bicyclic) bond motifs is 2. The molecular formula is C26H25ClN2O4S2. The Kier molecular flexibility index (Phi) is 6.04. The van der Waals surface area contributed by atoms with Crippen LogP contribution in [0.15, 0.2) is 70.4 Å². The van der Waals surface area contributed by atoms with Crippen molar-refractivity contribution in [2.24, 2.45) is 0 Å². The van der Waals surface area contributed by atoms with Crippen LogP contribution in [-0.2, 0) is 16.6 Å². The highest BCUT2D eigenvalue weighted by Gasteiger charge is 2.36. The SMILES string of the molecule is Cc1ccc2c(c1)[C@H](NS(=O)(=O)c1ccc3c(c1)sc(=O)n3Cc1ccccc1Cl)CC(C)(C)O2. The minimum atomic E-state index is -3.86. The molecule has 0 radical (unpaired) electrons. The molecule has 1 aliphatic rings. The molecule has 2 heterocycles. The highest BCUT2D eigenvalue weighted by molar-refractivity contribution is 7.89. The van der Waals surface area contributed by atoms with E-state index in [1.165, 1.54) is 0 Å². The third-order valence-corrected chi connectivity index (χ3v) is 8.94. The van der Waals surface area contributed by atoms with E-state index in [1.807, 2.05) is 57.2 Å². The number of benzene rings is 3. The van der Waals surface area contributed by atoms with Crippen molar-refractivity contribution >= 4 is 43.2 Å². The predicted molar refractivity (Wildman–Crippen MR) is 140 cm³/mol. The summed E-state index contributed by atoms with van der Waals surface area (Å²) in [4.78, 5) is 12.7. The zero-order valence-electron chi connectivity index (χ0n) is 19.5. The summed E-state index contributed by atoms with van der Waals surface area (Å²) in [5, 5.41) is 0.581. The molecule has 0 saturated heterocycles. The Morgan fingerprint density at radius 3 is 2.69 bits per heavy atom. The third kappa shape index (κ3) is 4.76. The summed E-state index contributed by atoms with van der Waals surface area (Å²) in [5.41, 5.74) is 2.83. The number of ether oxygens (including phenoxy) is 1. The van der Waals surface area contributed by atoms with Gasteiger partial charge in [-0.05, 0) is 56.7 Å². The number of thiazole rings is 1. The van der Waals surface area contributed by atoms with E-state index in [9.17, 15) is 13.2 Å². The Bertz CT molecular complexity index is 1610.